The van der Waals surface area contributed by atoms with Crippen LogP contribution in [0.25, 0.3) is 0 Å². The molecule has 1 fully saturated rings. The second-order valence-electron chi connectivity index (χ2n) is 6.41. The molecule has 1 aliphatic rings. The summed E-state index contributed by atoms with van der Waals surface area (Å²) in [5, 5.41) is 5.67. The van der Waals surface area contributed by atoms with Crippen molar-refractivity contribution in [3.8, 4) is 11.5 Å². The maximum Gasteiger partial charge on any atom is 0.255 e. The zero-order chi connectivity index (χ0) is 19.9. The van der Waals surface area contributed by atoms with Crippen molar-refractivity contribution in [2.24, 2.45) is 0 Å². The van der Waals surface area contributed by atoms with Gasteiger partial charge in [0.05, 0.1) is 31.6 Å². The molecule has 1 heterocycles. The van der Waals surface area contributed by atoms with Gasteiger partial charge in [0.15, 0.2) is 11.5 Å². The van der Waals surface area contributed by atoms with Crippen molar-refractivity contribution in [3.63, 3.8) is 0 Å². The number of hydrogen-bond donors (Lipinski definition) is 2. The summed E-state index contributed by atoms with van der Waals surface area (Å²) in [6.07, 6.45) is 2.01. The standard InChI is InChI=1S/C21H24N2O5/c1-26-18-10-9-14(12-19(18)27-2)20(24)23-17-8-4-3-7-16(17)21(25)22-13-15-6-5-11-28-15/h3-4,7-10,12,15H,5-6,11,13H2,1-2H3,(H,22,25)(H,23,24)/t15-/m1/s1. The van der Waals surface area contributed by atoms with E-state index in [1.165, 1.54) is 14.2 Å². The van der Waals surface area contributed by atoms with Gasteiger partial charge in [0.25, 0.3) is 11.8 Å². The fourth-order valence-corrected chi connectivity index (χ4v) is 3.07. The lowest BCUT2D eigenvalue weighted by atomic mass is 10.1. The molecule has 0 aliphatic carbocycles. The molecule has 148 valence electrons. The van der Waals surface area contributed by atoms with Crippen LogP contribution in [0.1, 0.15) is 33.6 Å². The Kier molecular flexibility index (Phi) is 6.49. The molecule has 1 aliphatic heterocycles. The molecule has 2 amide bonds. The van der Waals surface area contributed by atoms with E-state index < -0.39 is 0 Å². The summed E-state index contributed by atoms with van der Waals surface area (Å²) in [6.45, 7) is 1.19. The molecule has 7 heteroatoms. The maximum atomic E-state index is 12.7. The van der Waals surface area contributed by atoms with Crippen molar-refractivity contribution in [2.45, 2.75) is 18.9 Å². The van der Waals surface area contributed by atoms with Crippen LogP contribution in [0.3, 0.4) is 0 Å². The van der Waals surface area contributed by atoms with Crippen molar-refractivity contribution in [2.75, 3.05) is 32.7 Å². The zero-order valence-electron chi connectivity index (χ0n) is 16.0. The van der Waals surface area contributed by atoms with Gasteiger partial charge in [-0.25, -0.2) is 0 Å². The predicted molar refractivity (Wildman–Crippen MR) is 105 cm³/mol. The Bertz CT molecular complexity index is 846. The third kappa shape index (κ3) is 4.61. The molecule has 1 atom stereocenters. The smallest absolute Gasteiger partial charge is 0.255 e. The van der Waals surface area contributed by atoms with Gasteiger partial charge in [-0.2, -0.15) is 0 Å². The molecular weight excluding hydrogens is 360 g/mol. The first-order valence-corrected chi connectivity index (χ1v) is 9.14. The quantitative estimate of drug-likeness (QED) is 0.767. The van der Waals surface area contributed by atoms with Gasteiger partial charge in [0.2, 0.25) is 0 Å². The number of hydrogen-bond acceptors (Lipinski definition) is 5. The molecule has 7 nitrogen and oxygen atoms in total. The summed E-state index contributed by atoms with van der Waals surface area (Å²) in [7, 11) is 3.04. The first-order chi connectivity index (χ1) is 13.6. The van der Waals surface area contributed by atoms with Gasteiger partial charge in [-0.3, -0.25) is 9.59 Å². The Morgan fingerprint density at radius 2 is 1.86 bits per heavy atom. The van der Waals surface area contributed by atoms with E-state index in [4.69, 9.17) is 14.2 Å². The molecule has 3 rings (SSSR count). The molecule has 2 aromatic rings. The van der Waals surface area contributed by atoms with E-state index in [2.05, 4.69) is 10.6 Å². The minimum absolute atomic E-state index is 0.0532. The molecule has 0 unspecified atom stereocenters. The first-order valence-electron chi connectivity index (χ1n) is 9.14. The lowest BCUT2D eigenvalue weighted by Gasteiger charge is -2.14. The number of nitrogens with one attached hydrogen (secondary N) is 2. The van der Waals surface area contributed by atoms with E-state index >= 15 is 0 Å². The fourth-order valence-electron chi connectivity index (χ4n) is 3.07. The van der Waals surface area contributed by atoms with E-state index in [0.29, 0.717) is 34.9 Å². The van der Waals surface area contributed by atoms with Crippen LogP contribution >= 0.6 is 0 Å². The van der Waals surface area contributed by atoms with Crippen molar-refractivity contribution in [3.05, 3.63) is 53.6 Å². The van der Waals surface area contributed by atoms with E-state index in [-0.39, 0.29) is 17.9 Å². The molecule has 2 N–H and O–H groups in total. The van der Waals surface area contributed by atoms with Crippen LogP contribution < -0.4 is 20.1 Å². The van der Waals surface area contributed by atoms with Gasteiger partial charge in [-0.1, -0.05) is 12.1 Å². The molecule has 0 aromatic heterocycles. The molecule has 28 heavy (non-hydrogen) atoms. The lowest BCUT2D eigenvalue weighted by Crippen LogP contribution is -2.32. The van der Waals surface area contributed by atoms with Crippen molar-refractivity contribution >= 4 is 17.5 Å². The SMILES string of the molecule is COc1ccc(C(=O)Nc2ccccc2C(=O)NC[C@H]2CCCO2)cc1OC. The Morgan fingerprint density at radius 3 is 2.57 bits per heavy atom. The summed E-state index contributed by atoms with van der Waals surface area (Å²) in [5.74, 6) is 0.393. The van der Waals surface area contributed by atoms with Crippen LogP contribution in [-0.2, 0) is 4.74 Å². The van der Waals surface area contributed by atoms with Crippen molar-refractivity contribution in [1.82, 2.24) is 5.32 Å². The largest absolute Gasteiger partial charge is 0.493 e. The van der Waals surface area contributed by atoms with Crippen LogP contribution in [-0.4, -0.2) is 45.3 Å². The zero-order valence-corrected chi connectivity index (χ0v) is 16.0. The number of para-hydroxylation sites is 1. The van der Waals surface area contributed by atoms with Crippen LogP contribution in [0.4, 0.5) is 5.69 Å². The number of ether oxygens (including phenoxy) is 3. The summed E-state index contributed by atoms with van der Waals surface area (Å²) >= 11 is 0. The Morgan fingerprint density at radius 1 is 1.07 bits per heavy atom. The minimum atomic E-state index is -0.347. The second-order valence-corrected chi connectivity index (χ2v) is 6.41. The van der Waals surface area contributed by atoms with Crippen LogP contribution in [0.5, 0.6) is 11.5 Å². The normalized spacial score (nSPS) is 15.7. The van der Waals surface area contributed by atoms with Crippen LogP contribution in [0.2, 0.25) is 0 Å². The monoisotopic (exact) mass is 384 g/mol. The number of rotatable bonds is 7. The Labute approximate surface area is 164 Å². The highest BCUT2D eigenvalue weighted by Gasteiger charge is 2.19. The number of anilines is 1. The lowest BCUT2D eigenvalue weighted by molar-refractivity contribution is 0.0858. The minimum Gasteiger partial charge on any atom is -0.493 e. The first kappa shape index (κ1) is 19.7. The molecule has 0 spiro atoms. The Hall–Kier alpha value is -3.06. The third-order valence-corrected chi connectivity index (χ3v) is 4.58. The highest BCUT2D eigenvalue weighted by Crippen LogP contribution is 2.28. The number of carbonyl (C=O) groups excluding carboxylic acids is 2. The van der Waals surface area contributed by atoms with Crippen LogP contribution in [0, 0.1) is 0 Å². The molecule has 0 radical (unpaired) electrons. The highest BCUT2D eigenvalue weighted by molar-refractivity contribution is 6.09. The molecular formula is C21H24N2O5. The van der Waals surface area contributed by atoms with Gasteiger partial charge in [0, 0.05) is 18.7 Å². The fraction of sp³-hybridized carbons (Fsp3) is 0.333. The summed E-state index contributed by atoms with van der Waals surface area (Å²) < 4.78 is 16.0. The predicted octanol–water partition coefficient (Wildman–Crippen LogP) is 2.86. The van der Waals surface area contributed by atoms with E-state index in [9.17, 15) is 9.59 Å². The molecule has 2 aromatic carbocycles. The number of amides is 2. The van der Waals surface area contributed by atoms with E-state index in [1.807, 2.05) is 0 Å². The maximum absolute atomic E-state index is 12.7. The number of carbonyl (C=O) groups is 2. The average Bonchev–Trinajstić information content (AvgIpc) is 3.25. The van der Waals surface area contributed by atoms with Gasteiger partial charge in [0.1, 0.15) is 0 Å². The second kappa shape index (κ2) is 9.23. The Balaban J connectivity index is 1.71. The van der Waals surface area contributed by atoms with Gasteiger partial charge in [-0.05, 0) is 43.2 Å². The molecule has 0 bridgehead atoms. The summed E-state index contributed by atoms with van der Waals surface area (Å²) in [5.41, 5.74) is 1.23. The average molecular weight is 384 g/mol. The van der Waals surface area contributed by atoms with Gasteiger partial charge < -0.3 is 24.8 Å². The van der Waals surface area contributed by atoms with Gasteiger partial charge in [-0.15, -0.1) is 0 Å². The van der Waals surface area contributed by atoms with Crippen LogP contribution in [0.15, 0.2) is 42.5 Å². The summed E-state index contributed by atoms with van der Waals surface area (Å²) in [4.78, 5) is 25.2. The number of benzene rings is 2. The van der Waals surface area contributed by atoms with E-state index in [1.54, 1.807) is 42.5 Å². The summed E-state index contributed by atoms with van der Waals surface area (Å²) in [6, 6.07) is 11.8. The van der Waals surface area contributed by atoms with Crippen molar-refractivity contribution < 1.29 is 23.8 Å². The topological polar surface area (TPSA) is 85.9 Å². The third-order valence-electron chi connectivity index (χ3n) is 4.58. The van der Waals surface area contributed by atoms with Crippen molar-refractivity contribution in [1.29, 1.82) is 0 Å². The van der Waals surface area contributed by atoms with Gasteiger partial charge >= 0.3 is 0 Å². The molecule has 0 saturated carbocycles. The van der Waals surface area contributed by atoms with E-state index in [0.717, 1.165) is 19.4 Å². The molecule has 1 saturated heterocycles. The number of methoxy groups -OCH3 is 2. The highest BCUT2D eigenvalue weighted by atomic mass is 16.5.